The predicted octanol–water partition coefficient (Wildman–Crippen LogP) is 1.43. The van der Waals surface area contributed by atoms with Crippen molar-refractivity contribution in [3.05, 3.63) is 53.6 Å². The molecule has 2 aromatic heterocycles. The van der Waals surface area contributed by atoms with E-state index in [9.17, 15) is 19.8 Å². The van der Waals surface area contributed by atoms with Gasteiger partial charge in [0.2, 0.25) is 5.82 Å². The van der Waals surface area contributed by atoms with Gasteiger partial charge in [-0.1, -0.05) is 0 Å². The van der Waals surface area contributed by atoms with Gasteiger partial charge in [0.05, 0.1) is 16.8 Å². The Hall–Kier alpha value is -3.62. The third-order valence-electron chi connectivity index (χ3n) is 3.26. The van der Waals surface area contributed by atoms with Crippen LogP contribution < -0.4 is 0 Å². The first-order valence-electron chi connectivity index (χ1n) is 6.79. The summed E-state index contributed by atoms with van der Waals surface area (Å²) in [5.74, 6) is -1.45. The van der Waals surface area contributed by atoms with E-state index < -0.39 is 11.9 Å². The van der Waals surface area contributed by atoms with E-state index in [2.05, 4.69) is 20.2 Å². The lowest BCUT2D eigenvalue weighted by atomic mass is 10.1. The molecule has 0 amide bonds. The second-order valence-electron chi connectivity index (χ2n) is 4.86. The normalized spacial score (nSPS) is 10.5. The molecule has 0 aliphatic heterocycles. The van der Waals surface area contributed by atoms with Crippen LogP contribution in [0.3, 0.4) is 0 Å². The van der Waals surface area contributed by atoms with Gasteiger partial charge in [0.25, 0.3) is 0 Å². The molecule has 9 heteroatoms. The zero-order valence-electron chi connectivity index (χ0n) is 12.4. The number of benzene rings is 1. The largest absolute Gasteiger partial charge is 0.478 e. The van der Waals surface area contributed by atoms with Crippen molar-refractivity contribution >= 4 is 11.9 Å². The van der Waals surface area contributed by atoms with Crippen molar-refractivity contribution in [2.45, 2.75) is 6.92 Å². The first kappa shape index (κ1) is 15.3. The second kappa shape index (κ2) is 5.88. The van der Waals surface area contributed by atoms with E-state index in [-0.39, 0.29) is 22.8 Å². The minimum atomic E-state index is -1.23. The molecule has 1 aromatic carbocycles. The summed E-state index contributed by atoms with van der Waals surface area (Å²) in [6, 6.07) is 5.42. The van der Waals surface area contributed by atoms with E-state index in [0.29, 0.717) is 11.5 Å². The number of carbonyl (C=O) groups is 2. The summed E-state index contributed by atoms with van der Waals surface area (Å²) in [4.78, 5) is 30.8. The number of hydrogen-bond donors (Lipinski definition) is 2. The van der Waals surface area contributed by atoms with Gasteiger partial charge in [0, 0.05) is 12.4 Å². The fourth-order valence-electron chi connectivity index (χ4n) is 2.22. The summed E-state index contributed by atoms with van der Waals surface area (Å²) in [7, 11) is 0. The van der Waals surface area contributed by atoms with Crippen molar-refractivity contribution in [3.63, 3.8) is 0 Å². The third kappa shape index (κ3) is 2.70. The van der Waals surface area contributed by atoms with E-state index >= 15 is 0 Å². The molecule has 0 spiro atoms. The number of carboxylic acid groups (broad SMARTS) is 2. The average Bonchev–Trinajstić information content (AvgIpc) is 2.96. The van der Waals surface area contributed by atoms with Gasteiger partial charge in [-0.15, -0.1) is 10.2 Å². The summed E-state index contributed by atoms with van der Waals surface area (Å²) in [6.45, 7) is 1.66. The first-order valence-corrected chi connectivity index (χ1v) is 6.79. The van der Waals surface area contributed by atoms with Crippen LogP contribution in [0.2, 0.25) is 0 Å². The molecule has 0 fully saturated rings. The number of rotatable bonds is 4. The number of nitrogens with zero attached hydrogens (tertiary/aromatic N) is 5. The van der Waals surface area contributed by atoms with Gasteiger partial charge in [-0.05, 0) is 31.2 Å². The number of aromatic carboxylic acids is 2. The van der Waals surface area contributed by atoms with Crippen molar-refractivity contribution in [2.75, 3.05) is 0 Å². The predicted molar refractivity (Wildman–Crippen MR) is 81.0 cm³/mol. The number of aromatic nitrogens is 5. The third-order valence-corrected chi connectivity index (χ3v) is 3.26. The summed E-state index contributed by atoms with van der Waals surface area (Å²) in [5, 5.41) is 26.4. The molecule has 3 rings (SSSR count). The molecule has 0 atom stereocenters. The summed E-state index contributed by atoms with van der Waals surface area (Å²) in [6.07, 6.45) is 3.07. The zero-order valence-corrected chi connectivity index (χ0v) is 12.4. The van der Waals surface area contributed by atoms with E-state index in [1.165, 1.54) is 29.1 Å². The average molecular weight is 325 g/mol. The molecule has 0 unspecified atom stereocenters. The number of carboxylic acids is 2. The first-order chi connectivity index (χ1) is 11.5. The Bertz CT molecular complexity index is 904. The molecule has 0 saturated carbocycles. The maximum atomic E-state index is 11.3. The Morgan fingerprint density at radius 3 is 2.08 bits per heavy atom. The Balaban J connectivity index is 2.25. The van der Waals surface area contributed by atoms with Gasteiger partial charge < -0.3 is 10.2 Å². The van der Waals surface area contributed by atoms with Crippen LogP contribution in [0.5, 0.6) is 0 Å². The molecular formula is C15H11N5O4. The fraction of sp³-hybridized carbons (Fsp3) is 0.0667. The molecule has 120 valence electrons. The van der Waals surface area contributed by atoms with Crippen molar-refractivity contribution < 1.29 is 19.8 Å². The Kier molecular flexibility index (Phi) is 3.74. The lowest BCUT2D eigenvalue weighted by Crippen LogP contribution is -2.08. The highest BCUT2D eigenvalue weighted by atomic mass is 16.4. The molecule has 2 N–H and O–H groups in total. The summed E-state index contributed by atoms with van der Waals surface area (Å²) in [5.41, 5.74) is -0.00638. The molecule has 0 radical (unpaired) electrons. The molecule has 3 aromatic rings. The van der Waals surface area contributed by atoms with E-state index in [0.717, 1.165) is 6.07 Å². The van der Waals surface area contributed by atoms with Crippen LogP contribution in [-0.2, 0) is 0 Å². The van der Waals surface area contributed by atoms with Gasteiger partial charge in [0.15, 0.2) is 5.82 Å². The van der Waals surface area contributed by atoms with Crippen LogP contribution in [0.1, 0.15) is 26.5 Å². The maximum Gasteiger partial charge on any atom is 0.335 e. The summed E-state index contributed by atoms with van der Waals surface area (Å²) < 4.78 is 1.51. The lowest BCUT2D eigenvalue weighted by Gasteiger charge is -2.10. The van der Waals surface area contributed by atoms with Gasteiger partial charge >= 0.3 is 11.9 Å². The SMILES string of the molecule is Cc1nnc(-c2ncccn2)n1-c1cc(C(=O)O)cc(C(=O)O)c1. The number of aryl methyl sites for hydroxylation is 1. The van der Waals surface area contributed by atoms with Crippen molar-refractivity contribution in [3.8, 4) is 17.3 Å². The van der Waals surface area contributed by atoms with Gasteiger partial charge in [-0.25, -0.2) is 19.6 Å². The molecule has 9 nitrogen and oxygen atoms in total. The van der Waals surface area contributed by atoms with Crippen LogP contribution >= 0.6 is 0 Å². The Labute approximate surface area is 135 Å². The molecule has 0 aliphatic rings. The molecular weight excluding hydrogens is 314 g/mol. The van der Waals surface area contributed by atoms with Crippen LogP contribution in [0.4, 0.5) is 0 Å². The molecule has 24 heavy (non-hydrogen) atoms. The smallest absolute Gasteiger partial charge is 0.335 e. The van der Waals surface area contributed by atoms with E-state index in [1.807, 2.05) is 0 Å². The van der Waals surface area contributed by atoms with Crippen LogP contribution in [-0.4, -0.2) is 46.9 Å². The standard InChI is InChI=1S/C15H11N5O4/c1-8-18-19-13(12-16-3-2-4-17-12)20(8)11-6-9(14(21)22)5-10(7-11)15(23)24/h2-7H,1H3,(H,21,22)(H,23,24). The second-order valence-corrected chi connectivity index (χ2v) is 4.86. The Morgan fingerprint density at radius 2 is 1.54 bits per heavy atom. The minimum absolute atomic E-state index is 0.155. The molecule has 0 aliphatic carbocycles. The highest BCUT2D eigenvalue weighted by molar-refractivity contribution is 5.94. The summed E-state index contributed by atoms with van der Waals surface area (Å²) >= 11 is 0. The van der Waals surface area contributed by atoms with Crippen LogP contribution in [0.15, 0.2) is 36.7 Å². The van der Waals surface area contributed by atoms with Gasteiger partial charge in [-0.2, -0.15) is 0 Å². The van der Waals surface area contributed by atoms with E-state index in [1.54, 1.807) is 13.0 Å². The van der Waals surface area contributed by atoms with Gasteiger partial charge in [-0.3, -0.25) is 4.57 Å². The Morgan fingerprint density at radius 1 is 0.958 bits per heavy atom. The molecule has 2 heterocycles. The van der Waals surface area contributed by atoms with Crippen molar-refractivity contribution in [2.24, 2.45) is 0 Å². The molecule has 0 bridgehead atoms. The quantitative estimate of drug-likeness (QED) is 0.736. The van der Waals surface area contributed by atoms with Crippen LogP contribution in [0, 0.1) is 6.92 Å². The highest BCUT2D eigenvalue weighted by Gasteiger charge is 2.18. The van der Waals surface area contributed by atoms with Gasteiger partial charge in [0.1, 0.15) is 5.82 Å². The van der Waals surface area contributed by atoms with Crippen LogP contribution in [0.25, 0.3) is 17.3 Å². The van der Waals surface area contributed by atoms with Crippen molar-refractivity contribution in [1.29, 1.82) is 0 Å². The van der Waals surface area contributed by atoms with Crippen molar-refractivity contribution in [1.82, 2.24) is 24.7 Å². The minimum Gasteiger partial charge on any atom is -0.478 e. The monoisotopic (exact) mass is 325 g/mol. The lowest BCUT2D eigenvalue weighted by molar-refractivity contribution is 0.0696. The fourth-order valence-corrected chi connectivity index (χ4v) is 2.22. The van der Waals surface area contributed by atoms with E-state index in [4.69, 9.17) is 0 Å². The maximum absolute atomic E-state index is 11.3. The topological polar surface area (TPSA) is 131 Å². The number of hydrogen-bond acceptors (Lipinski definition) is 6. The zero-order chi connectivity index (χ0) is 17.3. The highest BCUT2D eigenvalue weighted by Crippen LogP contribution is 2.22. The molecule has 0 saturated heterocycles.